The molecule has 0 saturated carbocycles. The van der Waals surface area contributed by atoms with Gasteiger partial charge in [-0.3, -0.25) is 4.79 Å². The number of aryl methyl sites for hydroxylation is 1. The molecule has 0 saturated heterocycles. The molecule has 0 spiro atoms. The second kappa shape index (κ2) is 11.5. The maximum absolute atomic E-state index is 11.9. The van der Waals surface area contributed by atoms with Gasteiger partial charge in [-0.05, 0) is 68.9 Å². The molecule has 9 nitrogen and oxygen atoms in total. The molecule has 2 aromatic carbocycles. The van der Waals surface area contributed by atoms with E-state index in [-0.39, 0.29) is 11.5 Å². The molecule has 0 atom stereocenters. The smallest absolute Gasteiger partial charge is 0.277 e. The fourth-order valence-electron chi connectivity index (χ4n) is 2.98. The molecular formula is C22H26BrN5O4. The van der Waals surface area contributed by atoms with Gasteiger partial charge >= 0.3 is 0 Å². The summed E-state index contributed by atoms with van der Waals surface area (Å²) in [6.45, 7) is 6.49. The number of carbonyl (C=O) groups excluding carboxylic acids is 1. The first-order chi connectivity index (χ1) is 15.5. The van der Waals surface area contributed by atoms with Crippen molar-refractivity contribution in [2.24, 2.45) is 0 Å². The number of carbonyl (C=O) groups is 1. The number of nitrogens with zero attached hydrogens (tertiary/aromatic N) is 2. The summed E-state index contributed by atoms with van der Waals surface area (Å²) in [5, 5.41) is 12.8. The molecule has 10 heteroatoms. The normalized spacial score (nSPS) is 10.7. The number of ether oxygens (including phenoxy) is 2. The van der Waals surface area contributed by atoms with Crippen LogP contribution in [-0.2, 0) is 13.2 Å². The predicted molar refractivity (Wildman–Crippen MR) is 124 cm³/mol. The number of nitrogens with one attached hydrogen (secondary N) is 2. The summed E-state index contributed by atoms with van der Waals surface area (Å²) >= 11 is 3.61. The SMILES string of the molecule is CCOc1cc(CNCCNC(=O)c2nonc2N)cc(Br)c1OCc1ccccc1C. The molecule has 1 heterocycles. The Kier molecular flexibility index (Phi) is 8.46. The van der Waals surface area contributed by atoms with Gasteiger partial charge in [0.15, 0.2) is 11.5 Å². The molecular weight excluding hydrogens is 478 g/mol. The second-order valence-electron chi connectivity index (χ2n) is 6.98. The third-order valence-corrected chi connectivity index (χ3v) is 5.24. The Morgan fingerprint density at radius 3 is 2.72 bits per heavy atom. The lowest BCUT2D eigenvalue weighted by molar-refractivity contribution is 0.0944. The fraction of sp³-hybridized carbons (Fsp3) is 0.318. The van der Waals surface area contributed by atoms with Gasteiger partial charge in [0, 0.05) is 19.6 Å². The Balaban J connectivity index is 1.55. The van der Waals surface area contributed by atoms with Crippen LogP contribution in [0, 0.1) is 6.92 Å². The highest BCUT2D eigenvalue weighted by molar-refractivity contribution is 9.10. The van der Waals surface area contributed by atoms with Crippen LogP contribution in [0.3, 0.4) is 0 Å². The van der Waals surface area contributed by atoms with Crippen LogP contribution in [0.2, 0.25) is 0 Å². The molecule has 0 aliphatic heterocycles. The zero-order chi connectivity index (χ0) is 22.9. The number of aromatic nitrogens is 2. The lowest BCUT2D eigenvalue weighted by atomic mass is 10.1. The van der Waals surface area contributed by atoms with Crippen LogP contribution < -0.4 is 25.8 Å². The van der Waals surface area contributed by atoms with Gasteiger partial charge in [0.1, 0.15) is 6.61 Å². The minimum absolute atomic E-state index is 0.0171. The van der Waals surface area contributed by atoms with Crippen molar-refractivity contribution in [2.75, 3.05) is 25.4 Å². The van der Waals surface area contributed by atoms with Gasteiger partial charge in [-0.2, -0.15) is 0 Å². The summed E-state index contributed by atoms with van der Waals surface area (Å²) in [6.07, 6.45) is 0. The van der Waals surface area contributed by atoms with Crippen LogP contribution in [0.25, 0.3) is 0 Å². The Hall–Kier alpha value is -3.11. The van der Waals surface area contributed by atoms with Crippen molar-refractivity contribution in [3.8, 4) is 11.5 Å². The van der Waals surface area contributed by atoms with Gasteiger partial charge in [-0.25, -0.2) is 4.63 Å². The average Bonchev–Trinajstić information content (AvgIpc) is 3.20. The maximum Gasteiger partial charge on any atom is 0.277 e. The molecule has 170 valence electrons. The third-order valence-electron chi connectivity index (χ3n) is 4.65. The van der Waals surface area contributed by atoms with Crippen LogP contribution in [-0.4, -0.2) is 35.9 Å². The van der Waals surface area contributed by atoms with Crippen LogP contribution >= 0.6 is 15.9 Å². The summed E-state index contributed by atoms with van der Waals surface area (Å²) < 4.78 is 17.1. The lowest BCUT2D eigenvalue weighted by Crippen LogP contribution is -2.32. The van der Waals surface area contributed by atoms with Gasteiger partial charge in [0.2, 0.25) is 11.5 Å². The average molecular weight is 504 g/mol. The Morgan fingerprint density at radius 1 is 1.19 bits per heavy atom. The minimum Gasteiger partial charge on any atom is -0.490 e. The number of benzene rings is 2. The first-order valence-electron chi connectivity index (χ1n) is 10.2. The van der Waals surface area contributed by atoms with Crippen molar-refractivity contribution in [2.45, 2.75) is 27.0 Å². The summed E-state index contributed by atoms with van der Waals surface area (Å²) in [4.78, 5) is 11.9. The van der Waals surface area contributed by atoms with Crippen molar-refractivity contribution in [3.05, 3.63) is 63.3 Å². The molecule has 0 aliphatic rings. The fourth-order valence-corrected chi connectivity index (χ4v) is 3.59. The Labute approximate surface area is 194 Å². The lowest BCUT2D eigenvalue weighted by Gasteiger charge is -2.16. The molecule has 0 radical (unpaired) electrons. The van der Waals surface area contributed by atoms with Crippen molar-refractivity contribution >= 4 is 27.7 Å². The minimum atomic E-state index is -0.429. The zero-order valence-corrected chi connectivity index (χ0v) is 19.6. The summed E-state index contributed by atoms with van der Waals surface area (Å²) in [5.74, 6) is 0.884. The number of amides is 1. The van der Waals surface area contributed by atoms with Gasteiger partial charge in [-0.1, -0.05) is 24.3 Å². The summed E-state index contributed by atoms with van der Waals surface area (Å²) in [7, 11) is 0. The maximum atomic E-state index is 11.9. The van der Waals surface area contributed by atoms with E-state index in [0.717, 1.165) is 15.6 Å². The first kappa shape index (κ1) is 23.6. The summed E-state index contributed by atoms with van der Waals surface area (Å²) in [6, 6.07) is 12.1. The van der Waals surface area contributed by atoms with E-state index < -0.39 is 5.91 Å². The first-order valence-corrected chi connectivity index (χ1v) is 11.0. The number of nitrogens with two attached hydrogens (primary N) is 1. The van der Waals surface area contributed by atoms with Gasteiger partial charge < -0.3 is 25.8 Å². The molecule has 4 N–H and O–H groups in total. The quantitative estimate of drug-likeness (QED) is 0.340. The van der Waals surface area contributed by atoms with E-state index in [1.54, 1.807) is 0 Å². The highest BCUT2D eigenvalue weighted by Gasteiger charge is 2.15. The standard InChI is InChI=1S/C22H26BrN5O4/c1-3-30-18-11-15(12-25-8-9-26-22(29)19-21(24)28-32-27-19)10-17(23)20(18)31-13-16-7-5-4-6-14(16)2/h4-7,10-11,25H,3,8-9,12-13H2,1-2H3,(H2,24,28)(H,26,29). The van der Waals surface area contributed by atoms with Gasteiger partial charge in [0.25, 0.3) is 5.91 Å². The Bertz CT molecular complexity index is 1060. The number of rotatable bonds is 11. The second-order valence-corrected chi connectivity index (χ2v) is 7.84. The van der Waals surface area contributed by atoms with Crippen LogP contribution in [0.1, 0.15) is 34.1 Å². The monoisotopic (exact) mass is 503 g/mol. The number of nitrogen functional groups attached to an aromatic ring is 1. The zero-order valence-electron chi connectivity index (χ0n) is 18.0. The highest BCUT2D eigenvalue weighted by atomic mass is 79.9. The highest BCUT2D eigenvalue weighted by Crippen LogP contribution is 2.37. The van der Waals surface area contributed by atoms with Crippen LogP contribution in [0.15, 0.2) is 45.5 Å². The van der Waals surface area contributed by atoms with Gasteiger partial charge in [-0.15, -0.1) is 0 Å². The van der Waals surface area contributed by atoms with Crippen molar-refractivity contribution in [3.63, 3.8) is 0 Å². The molecule has 1 aromatic heterocycles. The third kappa shape index (κ3) is 6.21. The summed E-state index contributed by atoms with van der Waals surface area (Å²) in [5.41, 5.74) is 8.80. The van der Waals surface area contributed by atoms with E-state index in [2.05, 4.69) is 54.5 Å². The molecule has 1 amide bonds. The predicted octanol–water partition coefficient (Wildman–Crippen LogP) is 3.22. The van der Waals surface area contributed by atoms with E-state index in [1.807, 2.05) is 37.3 Å². The molecule has 3 rings (SSSR count). The molecule has 0 aliphatic carbocycles. The van der Waals surface area contributed by atoms with Gasteiger partial charge in [0.05, 0.1) is 11.1 Å². The molecule has 3 aromatic rings. The van der Waals surface area contributed by atoms with E-state index in [0.29, 0.717) is 44.3 Å². The van der Waals surface area contributed by atoms with Crippen molar-refractivity contribution < 1.29 is 18.9 Å². The topological polar surface area (TPSA) is 125 Å². The number of hydrogen-bond acceptors (Lipinski definition) is 8. The number of halogens is 1. The number of anilines is 1. The Morgan fingerprint density at radius 2 is 2.00 bits per heavy atom. The molecule has 0 bridgehead atoms. The van der Waals surface area contributed by atoms with Crippen LogP contribution in [0.5, 0.6) is 11.5 Å². The molecule has 0 fully saturated rings. The van der Waals surface area contributed by atoms with Crippen LogP contribution in [0.4, 0.5) is 5.82 Å². The van der Waals surface area contributed by atoms with Crippen molar-refractivity contribution in [1.29, 1.82) is 0 Å². The van der Waals surface area contributed by atoms with Crippen molar-refractivity contribution in [1.82, 2.24) is 20.9 Å². The van der Waals surface area contributed by atoms with E-state index >= 15 is 0 Å². The number of hydrogen-bond donors (Lipinski definition) is 3. The molecule has 0 unspecified atom stereocenters. The van der Waals surface area contributed by atoms with E-state index in [1.165, 1.54) is 5.56 Å². The largest absolute Gasteiger partial charge is 0.490 e. The van der Waals surface area contributed by atoms with E-state index in [4.69, 9.17) is 15.2 Å². The molecule has 32 heavy (non-hydrogen) atoms. The van der Waals surface area contributed by atoms with E-state index in [9.17, 15) is 4.79 Å².